The number of nitriles is 1. The van der Waals surface area contributed by atoms with Crippen LogP contribution in [0.1, 0.15) is 36.3 Å². The Hall–Kier alpha value is -2.94. The van der Waals surface area contributed by atoms with E-state index < -0.39 is 5.97 Å². The predicted octanol–water partition coefficient (Wildman–Crippen LogP) is 3.14. The van der Waals surface area contributed by atoms with Crippen molar-refractivity contribution in [1.82, 2.24) is 9.97 Å². The van der Waals surface area contributed by atoms with E-state index in [1.807, 2.05) is 0 Å². The zero-order valence-corrected chi connectivity index (χ0v) is 13.0. The molecule has 0 bridgehead atoms. The molecule has 2 rings (SSSR count). The second-order valence-electron chi connectivity index (χ2n) is 5.42. The summed E-state index contributed by atoms with van der Waals surface area (Å²) in [5.74, 6) is 0.163. The lowest BCUT2D eigenvalue weighted by Gasteiger charge is -2.10. The van der Waals surface area contributed by atoms with E-state index in [4.69, 9.17) is 9.84 Å². The molecule has 0 spiro atoms. The van der Waals surface area contributed by atoms with Gasteiger partial charge in [-0.2, -0.15) is 5.26 Å². The molecule has 0 aliphatic heterocycles. The standard InChI is InChI=1S/C17H17N3O3/c1-11(2)6-8-23-15-4-3-12(9-13(15)10-18)16-19-7-5-14(20-16)17(21)22/h3-5,7,9,11H,6,8H2,1-2H3,(H,21,22). The van der Waals surface area contributed by atoms with E-state index in [1.54, 1.807) is 18.2 Å². The van der Waals surface area contributed by atoms with Crippen molar-refractivity contribution < 1.29 is 14.6 Å². The van der Waals surface area contributed by atoms with Crippen molar-refractivity contribution in [3.05, 3.63) is 41.7 Å². The summed E-state index contributed by atoms with van der Waals surface area (Å²) in [4.78, 5) is 19.0. The molecule has 1 aromatic carbocycles. The van der Waals surface area contributed by atoms with Gasteiger partial charge < -0.3 is 9.84 Å². The van der Waals surface area contributed by atoms with E-state index in [2.05, 4.69) is 29.9 Å². The molecule has 23 heavy (non-hydrogen) atoms. The topological polar surface area (TPSA) is 96.1 Å². The first-order chi connectivity index (χ1) is 11.0. The lowest BCUT2D eigenvalue weighted by molar-refractivity contribution is 0.0690. The van der Waals surface area contributed by atoms with Gasteiger partial charge in [0.2, 0.25) is 0 Å². The van der Waals surface area contributed by atoms with Crippen molar-refractivity contribution in [1.29, 1.82) is 5.26 Å². The zero-order chi connectivity index (χ0) is 16.8. The van der Waals surface area contributed by atoms with Gasteiger partial charge in [-0.3, -0.25) is 0 Å². The van der Waals surface area contributed by atoms with E-state index in [9.17, 15) is 10.1 Å². The molecular formula is C17H17N3O3. The summed E-state index contributed by atoms with van der Waals surface area (Å²) in [6, 6.07) is 8.41. The fourth-order valence-corrected chi connectivity index (χ4v) is 1.90. The van der Waals surface area contributed by atoms with Crippen molar-refractivity contribution in [2.24, 2.45) is 5.92 Å². The largest absolute Gasteiger partial charge is 0.492 e. The normalized spacial score (nSPS) is 10.3. The fourth-order valence-electron chi connectivity index (χ4n) is 1.90. The Morgan fingerprint density at radius 1 is 1.39 bits per heavy atom. The monoisotopic (exact) mass is 311 g/mol. The SMILES string of the molecule is CC(C)CCOc1ccc(-c2nccc(C(=O)O)n2)cc1C#N. The van der Waals surface area contributed by atoms with Crippen molar-refractivity contribution in [2.75, 3.05) is 6.61 Å². The molecule has 0 saturated heterocycles. The van der Waals surface area contributed by atoms with Crippen LogP contribution in [0.25, 0.3) is 11.4 Å². The second kappa shape index (κ2) is 7.36. The number of carboxylic acids is 1. The minimum Gasteiger partial charge on any atom is -0.492 e. The van der Waals surface area contributed by atoms with Gasteiger partial charge in [0.15, 0.2) is 11.5 Å². The maximum atomic E-state index is 11.0. The minimum atomic E-state index is -1.12. The summed E-state index contributed by atoms with van der Waals surface area (Å²) in [7, 11) is 0. The van der Waals surface area contributed by atoms with Crippen LogP contribution >= 0.6 is 0 Å². The highest BCUT2D eigenvalue weighted by atomic mass is 16.5. The zero-order valence-electron chi connectivity index (χ0n) is 13.0. The third-order valence-electron chi connectivity index (χ3n) is 3.19. The Morgan fingerprint density at radius 3 is 2.83 bits per heavy atom. The molecule has 6 nitrogen and oxygen atoms in total. The lowest BCUT2D eigenvalue weighted by Crippen LogP contribution is -2.04. The molecule has 1 N–H and O–H groups in total. The summed E-state index contributed by atoms with van der Waals surface area (Å²) in [5.41, 5.74) is 0.849. The smallest absolute Gasteiger partial charge is 0.354 e. The lowest BCUT2D eigenvalue weighted by atomic mass is 10.1. The number of hydrogen-bond acceptors (Lipinski definition) is 5. The maximum Gasteiger partial charge on any atom is 0.354 e. The van der Waals surface area contributed by atoms with Crippen molar-refractivity contribution in [3.63, 3.8) is 0 Å². The van der Waals surface area contributed by atoms with Gasteiger partial charge in [-0.25, -0.2) is 14.8 Å². The molecule has 0 unspecified atom stereocenters. The quantitative estimate of drug-likeness (QED) is 0.880. The highest BCUT2D eigenvalue weighted by Crippen LogP contribution is 2.24. The number of rotatable bonds is 6. The number of hydrogen-bond donors (Lipinski definition) is 1. The first-order valence-corrected chi connectivity index (χ1v) is 7.25. The molecule has 0 radical (unpaired) electrons. The van der Waals surface area contributed by atoms with Gasteiger partial charge in [0, 0.05) is 11.8 Å². The predicted molar refractivity (Wildman–Crippen MR) is 84.1 cm³/mol. The number of ether oxygens (including phenoxy) is 1. The summed E-state index contributed by atoms with van der Waals surface area (Å²) >= 11 is 0. The van der Waals surface area contributed by atoms with Crippen molar-refractivity contribution in [2.45, 2.75) is 20.3 Å². The molecule has 0 fully saturated rings. The van der Waals surface area contributed by atoms with Crippen molar-refractivity contribution >= 4 is 5.97 Å². The Morgan fingerprint density at radius 2 is 2.17 bits per heavy atom. The van der Waals surface area contributed by atoms with E-state index in [-0.39, 0.29) is 11.5 Å². The summed E-state index contributed by atoms with van der Waals surface area (Å²) in [6.45, 7) is 4.74. The molecule has 1 heterocycles. The number of aromatic nitrogens is 2. The van der Waals surface area contributed by atoms with Crippen LogP contribution in [0.3, 0.4) is 0 Å². The van der Waals surface area contributed by atoms with Gasteiger partial charge in [-0.05, 0) is 36.6 Å². The van der Waals surface area contributed by atoms with Crippen LogP contribution in [-0.4, -0.2) is 27.7 Å². The highest BCUT2D eigenvalue weighted by molar-refractivity contribution is 5.85. The van der Waals surface area contributed by atoms with Gasteiger partial charge in [0.1, 0.15) is 11.8 Å². The summed E-state index contributed by atoms with van der Waals surface area (Å²) in [5, 5.41) is 18.3. The van der Waals surface area contributed by atoms with Crippen LogP contribution in [0, 0.1) is 17.2 Å². The van der Waals surface area contributed by atoms with E-state index in [1.165, 1.54) is 12.3 Å². The molecule has 118 valence electrons. The van der Waals surface area contributed by atoms with E-state index >= 15 is 0 Å². The molecule has 2 aromatic rings. The summed E-state index contributed by atoms with van der Waals surface area (Å²) < 4.78 is 5.63. The van der Waals surface area contributed by atoms with Crippen LogP contribution in [-0.2, 0) is 0 Å². The van der Waals surface area contributed by atoms with Crippen LogP contribution in [0.2, 0.25) is 0 Å². The molecule has 0 atom stereocenters. The van der Waals surface area contributed by atoms with E-state index in [0.717, 1.165) is 6.42 Å². The second-order valence-corrected chi connectivity index (χ2v) is 5.42. The van der Waals surface area contributed by atoms with Crippen LogP contribution in [0.5, 0.6) is 5.75 Å². The van der Waals surface area contributed by atoms with Crippen LogP contribution in [0.4, 0.5) is 0 Å². The minimum absolute atomic E-state index is 0.0919. The van der Waals surface area contributed by atoms with Crippen LogP contribution < -0.4 is 4.74 Å². The Kier molecular flexibility index (Phi) is 5.26. The number of nitrogens with zero attached hydrogens (tertiary/aromatic N) is 3. The molecule has 1 aromatic heterocycles. The number of carboxylic acid groups (broad SMARTS) is 1. The maximum absolute atomic E-state index is 11.0. The number of aromatic carboxylic acids is 1. The molecule has 0 aliphatic carbocycles. The third kappa shape index (κ3) is 4.27. The molecular weight excluding hydrogens is 294 g/mol. The van der Waals surface area contributed by atoms with Gasteiger partial charge in [-0.15, -0.1) is 0 Å². The third-order valence-corrected chi connectivity index (χ3v) is 3.19. The average molecular weight is 311 g/mol. The molecule has 0 aliphatic rings. The van der Waals surface area contributed by atoms with Crippen molar-refractivity contribution in [3.8, 4) is 23.2 Å². The Bertz CT molecular complexity index is 751. The van der Waals surface area contributed by atoms with Gasteiger partial charge in [-0.1, -0.05) is 13.8 Å². The first-order valence-electron chi connectivity index (χ1n) is 7.25. The van der Waals surface area contributed by atoms with Gasteiger partial charge >= 0.3 is 5.97 Å². The van der Waals surface area contributed by atoms with Gasteiger partial charge in [0.25, 0.3) is 0 Å². The molecule has 0 saturated carbocycles. The molecule has 0 amide bonds. The van der Waals surface area contributed by atoms with E-state index in [0.29, 0.717) is 29.4 Å². The number of carbonyl (C=O) groups is 1. The summed E-state index contributed by atoms with van der Waals surface area (Å²) in [6.07, 6.45) is 2.28. The molecule has 6 heteroatoms. The Balaban J connectivity index is 2.27. The Labute approximate surface area is 134 Å². The van der Waals surface area contributed by atoms with Crippen LogP contribution in [0.15, 0.2) is 30.5 Å². The van der Waals surface area contributed by atoms with Gasteiger partial charge in [0.05, 0.1) is 12.2 Å². The average Bonchev–Trinajstić information content (AvgIpc) is 2.54. The number of benzene rings is 1. The fraction of sp³-hybridized carbons (Fsp3) is 0.294. The first kappa shape index (κ1) is 16.4. The highest BCUT2D eigenvalue weighted by Gasteiger charge is 2.11.